The molecule has 0 spiro atoms. The highest BCUT2D eigenvalue weighted by atomic mass is 19.4. The Kier molecular flexibility index (Phi) is 6.72. The topological polar surface area (TPSA) is 107 Å². The number of benzene rings is 2. The quantitative estimate of drug-likeness (QED) is 0.276. The number of nitrogens with zero attached hydrogens (tertiary/aromatic N) is 3. The summed E-state index contributed by atoms with van der Waals surface area (Å²) < 4.78 is 53.6. The maximum absolute atomic E-state index is 12.8. The molecule has 0 saturated carbocycles. The van der Waals surface area contributed by atoms with Crippen molar-refractivity contribution >= 4 is 34.1 Å². The number of ketones is 1. The summed E-state index contributed by atoms with van der Waals surface area (Å²) >= 11 is 0. The van der Waals surface area contributed by atoms with Gasteiger partial charge >= 0.3 is 12.0 Å². The fraction of sp³-hybridized carbons (Fsp3) is 0.231. The van der Waals surface area contributed by atoms with E-state index in [-0.39, 0.29) is 28.4 Å². The van der Waals surface area contributed by atoms with Gasteiger partial charge in [0.05, 0.1) is 24.6 Å². The molecule has 3 heterocycles. The number of Topliss-reactive ketones (excluding diaryl/α,β-unsaturated/α-hetero) is 1. The smallest absolute Gasteiger partial charge is 0.422 e. The molecule has 0 bridgehead atoms. The molecule has 0 unspecified atom stereocenters. The van der Waals surface area contributed by atoms with Gasteiger partial charge in [0, 0.05) is 42.0 Å². The summed E-state index contributed by atoms with van der Waals surface area (Å²) in [7, 11) is 0. The van der Waals surface area contributed by atoms with Gasteiger partial charge in [0.15, 0.2) is 5.78 Å². The van der Waals surface area contributed by atoms with Crippen molar-refractivity contribution in [2.75, 3.05) is 36.5 Å². The van der Waals surface area contributed by atoms with Crippen molar-refractivity contribution in [3.05, 3.63) is 70.7 Å². The molecule has 2 aromatic heterocycles. The summed E-state index contributed by atoms with van der Waals surface area (Å²) in [5.74, 6) is -0.696. The van der Waals surface area contributed by atoms with Crippen molar-refractivity contribution in [1.82, 2.24) is 9.97 Å². The first-order chi connectivity index (χ1) is 18.2. The van der Waals surface area contributed by atoms with E-state index in [1.165, 1.54) is 37.4 Å². The lowest BCUT2D eigenvalue weighted by Crippen LogP contribution is -2.38. The van der Waals surface area contributed by atoms with E-state index in [4.69, 9.17) is 9.15 Å². The monoisotopic (exact) mass is 526 g/mol. The summed E-state index contributed by atoms with van der Waals surface area (Å²) in [6.45, 7) is 3.27. The number of morpholine rings is 1. The number of fused-ring (bicyclic) bond motifs is 1. The first-order valence-corrected chi connectivity index (χ1v) is 11.6. The van der Waals surface area contributed by atoms with E-state index in [0.717, 1.165) is 0 Å². The van der Waals surface area contributed by atoms with Gasteiger partial charge in [0.2, 0.25) is 5.95 Å². The fourth-order valence-electron chi connectivity index (χ4n) is 4.28. The van der Waals surface area contributed by atoms with Crippen LogP contribution in [0, 0.1) is 0 Å². The van der Waals surface area contributed by atoms with E-state index >= 15 is 0 Å². The zero-order valence-corrected chi connectivity index (χ0v) is 20.0. The van der Waals surface area contributed by atoms with Crippen LogP contribution in [0.25, 0.3) is 22.2 Å². The lowest BCUT2D eigenvalue weighted by atomic mass is 10.1. The van der Waals surface area contributed by atoms with E-state index in [0.29, 0.717) is 43.1 Å². The molecule has 1 aliphatic heterocycles. The van der Waals surface area contributed by atoms with Crippen molar-refractivity contribution < 1.29 is 31.9 Å². The van der Waals surface area contributed by atoms with Crippen LogP contribution in [0.5, 0.6) is 5.75 Å². The number of nitrogens with one attached hydrogen (secondary N) is 1. The number of rotatable bonds is 6. The number of hydrogen-bond donors (Lipinski definition) is 1. The number of ether oxygens (including phenoxy) is 2. The van der Waals surface area contributed by atoms with Crippen LogP contribution in [0.4, 0.5) is 30.5 Å². The van der Waals surface area contributed by atoms with Gasteiger partial charge in [0.1, 0.15) is 16.9 Å². The second-order valence-electron chi connectivity index (χ2n) is 8.41. The van der Waals surface area contributed by atoms with E-state index < -0.39 is 23.5 Å². The maximum atomic E-state index is 12.8. The average molecular weight is 526 g/mol. The molecule has 0 radical (unpaired) electrons. The molecule has 0 atom stereocenters. The van der Waals surface area contributed by atoms with E-state index in [1.807, 2.05) is 4.90 Å². The molecule has 0 amide bonds. The number of aromatic nitrogens is 2. The predicted octanol–water partition coefficient (Wildman–Crippen LogP) is 4.93. The van der Waals surface area contributed by atoms with Crippen molar-refractivity contribution in [2.45, 2.75) is 13.3 Å². The first kappa shape index (κ1) is 25.2. The average Bonchev–Trinajstić information content (AvgIpc) is 2.87. The van der Waals surface area contributed by atoms with Gasteiger partial charge in [-0.25, -0.2) is 14.8 Å². The van der Waals surface area contributed by atoms with Crippen LogP contribution < -0.4 is 20.6 Å². The van der Waals surface area contributed by atoms with Crippen LogP contribution in [-0.4, -0.2) is 48.4 Å². The van der Waals surface area contributed by atoms with Crippen molar-refractivity contribution in [3.63, 3.8) is 0 Å². The number of carbonyl (C=O) groups excluding carboxylic acids is 1. The number of alkyl halides is 3. The Balaban J connectivity index is 1.50. The minimum Gasteiger partial charge on any atom is -0.422 e. The maximum Gasteiger partial charge on any atom is 0.573 e. The SMILES string of the molecule is CC(=O)c1c(N2CCOCC2)c2ccc(Nc3nccc(-c4ccccc4OC(F)(F)F)n3)cc2oc1=O. The molecule has 9 nitrogen and oxygen atoms in total. The minimum atomic E-state index is -4.86. The van der Waals surface area contributed by atoms with E-state index in [2.05, 4.69) is 20.0 Å². The standard InChI is InChI=1S/C26H21F3N4O5/c1-15(34)22-23(33-10-12-36-13-11-33)18-7-6-16(14-21(18)37-24(22)35)31-25-30-9-8-19(32-25)17-4-2-3-5-20(17)38-26(27,28)29/h2-9,14H,10-13H2,1H3,(H,30,31,32). The third-order valence-electron chi connectivity index (χ3n) is 5.86. The van der Waals surface area contributed by atoms with Gasteiger partial charge in [-0.3, -0.25) is 4.79 Å². The summed E-state index contributed by atoms with van der Waals surface area (Å²) in [5, 5.41) is 3.56. The number of anilines is 3. The van der Waals surface area contributed by atoms with Crippen molar-refractivity contribution in [2.24, 2.45) is 0 Å². The van der Waals surface area contributed by atoms with Crippen molar-refractivity contribution in [3.8, 4) is 17.0 Å². The Morgan fingerprint density at radius 2 is 1.87 bits per heavy atom. The summed E-state index contributed by atoms with van der Waals surface area (Å²) in [6.07, 6.45) is -3.46. The second-order valence-corrected chi connectivity index (χ2v) is 8.41. The predicted molar refractivity (Wildman–Crippen MR) is 133 cm³/mol. The Morgan fingerprint density at radius 3 is 2.61 bits per heavy atom. The molecule has 196 valence electrons. The van der Waals surface area contributed by atoms with Gasteiger partial charge < -0.3 is 24.1 Å². The lowest BCUT2D eigenvalue weighted by Gasteiger charge is -2.30. The third kappa shape index (κ3) is 5.30. The molecule has 38 heavy (non-hydrogen) atoms. The number of halogens is 3. The summed E-state index contributed by atoms with van der Waals surface area (Å²) in [4.78, 5) is 35.5. The molecule has 1 fully saturated rings. The van der Waals surface area contributed by atoms with E-state index in [9.17, 15) is 22.8 Å². The Labute approximate surface area is 213 Å². The Hall–Kier alpha value is -4.45. The lowest BCUT2D eigenvalue weighted by molar-refractivity contribution is -0.274. The van der Waals surface area contributed by atoms with Crippen LogP contribution in [0.2, 0.25) is 0 Å². The Bertz CT molecular complexity index is 1570. The molecule has 1 aliphatic rings. The van der Waals surface area contributed by atoms with Crippen LogP contribution in [0.3, 0.4) is 0 Å². The number of hydrogen-bond acceptors (Lipinski definition) is 9. The van der Waals surface area contributed by atoms with Crippen LogP contribution >= 0.6 is 0 Å². The third-order valence-corrected chi connectivity index (χ3v) is 5.86. The number of carbonyl (C=O) groups is 1. The van der Waals surface area contributed by atoms with Crippen molar-refractivity contribution in [1.29, 1.82) is 0 Å². The molecule has 12 heteroatoms. The van der Waals surface area contributed by atoms with Gasteiger partial charge in [-0.1, -0.05) is 12.1 Å². The molecule has 0 aliphatic carbocycles. The second kappa shape index (κ2) is 10.1. The highest BCUT2D eigenvalue weighted by molar-refractivity contribution is 6.07. The largest absolute Gasteiger partial charge is 0.573 e. The Morgan fingerprint density at radius 1 is 1.11 bits per heavy atom. The van der Waals surface area contributed by atoms with Crippen LogP contribution in [-0.2, 0) is 4.74 Å². The van der Waals surface area contributed by atoms with Gasteiger partial charge in [-0.2, -0.15) is 0 Å². The highest BCUT2D eigenvalue weighted by Gasteiger charge is 2.32. The molecule has 1 saturated heterocycles. The summed E-state index contributed by atoms with van der Waals surface area (Å²) in [6, 6.07) is 12.1. The zero-order chi connectivity index (χ0) is 26.9. The molecule has 2 aromatic carbocycles. The molecular formula is C26H21F3N4O5. The van der Waals surface area contributed by atoms with Crippen LogP contribution in [0.1, 0.15) is 17.3 Å². The number of para-hydroxylation sites is 1. The fourth-order valence-corrected chi connectivity index (χ4v) is 4.28. The normalized spacial score (nSPS) is 13.9. The molecule has 4 aromatic rings. The highest BCUT2D eigenvalue weighted by Crippen LogP contribution is 2.34. The van der Waals surface area contributed by atoms with Gasteiger partial charge in [-0.15, -0.1) is 13.2 Å². The molecule has 5 rings (SSSR count). The van der Waals surface area contributed by atoms with E-state index in [1.54, 1.807) is 24.3 Å². The van der Waals surface area contributed by atoms with Crippen LogP contribution in [0.15, 0.2) is 63.9 Å². The first-order valence-electron chi connectivity index (χ1n) is 11.6. The van der Waals surface area contributed by atoms with Gasteiger partial charge in [-0.05, 0) is 37.3 Å². The van der Waals surface area contributed by atoms with Gasteiger partial charge in [0.25, 0.3) is 0 Å². The zero-order valence-electron chi connectivity index (χ0n) is 20.0. The molecule has 1 N–H and O–H groups in total. The minimum absolute atomic E-state index is 0.0177. The summed E-state index contributed by atoms with van der Waals surface area (Å²) in [5.41, 5.74) is 0.770. The molecular weight excluding hydrogens is 505 g/mol.